The first-order valence-corrected chi connectivity index (χ1v) is 6.64. The number of rotatable bonds is 1. The summed E-state index contributed by atoms with van der Waals surface area (Å²) in [4.78, 5) is 15.8. The molecule has 0 aliphatic carbocycles. The average Bonchev–Trinajstić information content (AvgIpc) is 2.92. The van der Waals surface area contributed by atoms with Gasteiger partial charge in [0.05, 0.1) is 0 Å². The minimum absolute atomic E-state index is 0.424. The summed E-state index contributed by atoms with van der Waals surface area (Å²) in [7, 11) is 0. The fourth-order valence-electron chi connectivity index (χ4n) is 2.61. The molecular weight excluding hydrogens is 252 g/mol. The Hall–Kier alpha value is -2.63. The molecule has 20 heavy (non-hydrogen) atoms. The van der Waals surface area contributed by atoms with Gasteiger partial charge in [-0.3, -0.25) is 0 Å². The van der Waals surface area contributed by atoms with E-state index < -0.39 is 0 Å². The molecule has 0 spiro atoms. The van der Waals surface area contributed by atoms with Crippen LogP contribution in [-0.2, 0) is 6.42 Å². The Morgan fingerprint density at radius 3 is 3.05 bits per heavy atom. The lowest BCUT2D eigenvalue weighted by Gasteiger charge is -2.18. The molecule has 100 valence electrons. The van der Waals surface area contributed by atoms with Crippen LogP contribution in [0, 0.1) is 0 Å². The molecule has 6 nitrogen and oxygen atoms in total. The fraction of sp³-hybridized carbons (Fsp3) is 0.214. The van der Waals surface area contributed by atoms with E-state index in [9.17, 15) is 0 Å². The Kier molecular flexibility index (Phi) is 2.35. The second-order valence-electron chi connectivity index (χ2n) is 4.95. The van der Waals surface area contributed by atoms with Gasteiger partial charge >= 0.3 is 0 Å². The van der Waals surface area contributed by atoms with Gasteiger partial charge in [0.25, 0.3) is 0 Å². The van der Waals surface area contributed by atoms with E-state index in [0.717, 1.165) is 30.8 Å². The Balaban J connectivity index is 1.84. The van der Waals surface area contributed by atoms with Crippen LogP contribution in [0.5, 0.6) is 0 Å². The number of anilines is 2. The molecule has 4 rings (SSSR count). The maximum absolute atomic E-state index is 5.83. The lowest BCUT2D eigenvalue weighted by atomic mass is 10.0. The van der Waals surface area contributed by atoms with Gasteiger partial charge in [-0.25, -0.2) is 15.0 Å². The van der Waals surface area contributed by atoms with Gasteiger partial charge in [0.15, 0.2) is 11.5 Å². The maximum Gasteiger partial charge on any atom is 0.183 e. The normalized spacial score (nSPS) is 14.0. The molecule has 0 unspecified atom stereocenters. The number of benzene rings is 1. The fourth-order valence-corrected chi connectivity index (χ4v) is 2.61. The van der Waals surface area contributed by atoms with Crippen LogP contribution < -0.4 is 11.1 Å². The van der Waals surface area contributed by atoms with Gasteiger partial charge in [-0.15, -0.1) is 0 Å². The van der Waals surface area contributed by atoms with Crippen molar-refractivity contribution in [1.29, 1.82) is 0 Å². The highest BCUT2D eigenvalue weighted by molar-refractivity contribution is 5.84. The second-order valence-corrected chi connectivity index (χ2v) is 4.95. The van der Waals surface area contributed by atoms with Crippen LogP contribution in [-0.4, -0.2) is 26.5 Å². The standard InChI is InChI=1S/C14H14N6/c15-12-11-14(18-7-17-12)20-13(19-11)9-3-4-10-8(6-9)2-1-5-16-10/h3-4,6-7,16H,1-2,5H2,(H3,15,17,18,19,20). The Bertz CT molecular complexity index is 791. The van der Waals surface area contributed by atoms with Crippen LogP contribution in [0.4, 0.5) is 11.5 Å². The number of aromatic nitrogens is 4. The summed E-state index contributed by atoms with van der Waals surface area (Å²) in [5, 5.41) is 3.40. The lowest BCUT2D eigenvalue weighted by Crippen LogP contribution is -2.11. The van der Waals surface area contributed by atoms with Crippen LogP contribution >= 0.6 is 0 Å². The number of aryl methyl sites for hydroxylation is 1. The van der Waals surface area contributed by atoms with E-state index in [4.69, 9.17) is 5.73 Å². The molecule has 0 saturated carbocycles. The van der Waals surface area contributed by atoms with Crippen LogP contribution in [0.15, 0.2) is 24.5 Å². The SMILES string of the molecule is Nc1ncnc2nc(-c3ccc4c(c3)CCCN4)[nH]c12. The van der Waals surface area contributed by atoms with E-state index in [-0.39, 0.29) is 0 Å². The number of nitrogen functional groups attached to an aromatic ring is 1. The first kappa shape index (κ1) is 11.2. The number of aromatic amines is 1. The highest BCUT2D eigenvalue weighted by atomic mass is 15.0. The van der Waals surface area contributed by atoms with Crippen molar-refractivity contribution >= 4 is 22.7 Å². The van der Waals surface area contributed by atoms with Gasteiger partial charge in [0.1, 0.15) is 17.7 Å². The monoisotopic (exact) mass is 266 g/mol. The first-order chi connectivity index (χ1) is 9.81. The predicted octanol–water partition coefficient (Wildman–Crippen LogP) is 1.96. The second kappa shape index (κ2) is 4.19. The number of imidazole rings is 1. The number of fused-ring (bicyclic) bond motifs is 2. The maximum atomic E-state index is 5.83. The third kappa shape index (κ3) is 1.69. The average molecular weight is 266 g/mol. The Labute approximate surface area is 115 Å². The van der Waals surface area contributed by atoms with Gasteiger partial charge in [-0.05, 0) is 36.6 Å². The van der Waals surface area contributed by atoms with E-state index in [2.05, 4.69) is 43.5 Å². The molecule has 3 aromatic rings. The number of hydrogen-bond donors (Lipinski definition) is 3. The topological polar surface area (TPSA) is 92.5 Å². The summed E-state index contributed by atoms with van der Waals surface area (Å²) in [5.41, 5.74) is 10.7. The van der Waals surface area contributed by atoms with Crippen LogP contribution in [0.1, 0.15) is 12.0 Å². The molecule has 0 bridgehead atoms. The molecule has 2 aromatic heterocycles. The molecule has 0 amide bonds. The number of nitrogens with zero attached hydrogens (tertiary/aromatic N) is 3. The van der Waals surface area contributed by atoms with E-state index in [1.807, 2.05) is 0 Å². The number of H-pyrrole nitrogens is 1. The minimum Gasteiger partial charge on any atom is -0.385 e. The van der Waals surface area contributed by atoms with Crippen molar-refractivity contribution in [2.45, 2.75) is 12.8 Å². The van der Waals surface area contributed by atoms with Crippen molar-refractivity contribution in [3.63, 3.8) is 0 Å². The summed E-state index contributed by atoms with van der Waals surface area (Å²) in [5.74, 6) is 1.20. The number of nitrogens with two attached hydrogens (primary N) is 1. The summed E-state index contributed by atoms with van der Waals surface area (Å²) < 4.78 is 0. The van der Waals surface area contributed by atoms with Gasteiger partial charge in [-0.1, -0.05) is 0 Å². The zero-order valence-electron chi connectivity index (χ0n) is 10.8. The van der Waals surface area contributed by atoms with Gasteiger partial charge in [-0.2, -0.15) is 0 Å². The Morgan fingerprint density at radius 1 is 1.20 bits per heavy atom. The van der Waals surface area contributed by atoms with E-state index in [1.165, 1.54) is 17.6 Å². The smallest absolute Gasteiger partial charge is 0.183 e. The number of nitrogens with one attached hydrogen (secondary N) is 2. The lowest BCUT2D eigenvalue weighted by molar-refractivity contribution is 0.830. The highest BCUT2D eigenvalue weighted by Crippen LogP contribution is 2.28. The van der Waals surface area contributed by atoms with Gasteiger partial charge < -0.3 is 16.0 Å². The Morgan fingerprint density at radius 2 is 2.15 bits per heavy atom. The van der Waals surface area contributed by atoms with Crippen molar-refractivity contribution in [1.82, 2.24) is 19.9 Å². The molecule has 0 fully saturated rings. The molecule has 0 radical (unpaired) electrons. The van der Waals surface area contributed by atoms with Crippen molar-refractivity contribution in [3.8, 4) is 11.4 Å². The number of hydrogen-bond acceptors (Lipinski definition) is 5. The molecule has 6 heteroatoms. The summed E-state index contributed by atoms with van der Waals surface area (Å²) >= 11 is 0. The summed E-state index contributed by atoms with van der Waals surface area (Å²) in [6.07, 6.45) is 3.69. The van der Waals surface area contributed by atoms with Crippen molar-refractivity contribution in [2.75, 3.05) is 17.6 Å². The predicted molar refractivity (Wildman–Crippen MR) is 78.3 cm³/mol. The minimum atomic E-state index is 0.424. The first-order valence-electron chi connectivity index (χ1n) is 6.64. The van der Waals surface area contributed by atoms with E-state index in [1.54, 1.807) is 0 Å². The molecule has 1 aromatic carbocycles. The van der Waals surface area contributed by atoms with Crippen molar-refractivity contribution in [3.05, 3.63) is 30.1 Å². The molecule has 1 aliphatic rings. The zero-order chi connectivity index (χ0) is 13.5. The molecule has 1 aliphatic heterocycles. The van der Waals surface area contributed by atoms with Crippen molar-refractivity contribution in [2.24, 2.45) is 0 Å². The molecule has 0 atom stereocenters. The van der Waals surface area contributed by atoms with E-state index >= 15 is 0 Å². The quantitative estimate of drug-likeness (QED) is 0.626. The van der Waals surface area contributed by atoms with Gasteiger partial charge in [0.2, 0.25) is 0 Å². The van der Waals surface area contributed by atoms with E-state index in [0.29, 0.717) is 17.0 Å². The van der Waals surface area contributed by atoms with Gasteiger partial charge in [0, 0.05) is 17.8 Å². The molecule has 3 heterocycles. The van der Waals surface area contributed by atoms with Crippen LogP contribution in [0.2, 0.25) is 0 Å². The molecule has 4 N–H and O–H groups in total. The van der Waals surface area contributed by atoms with Crippen LogP contribution in [0.3, 0.4) is 0 Å². The highest BCUT2D eigenvalue weighted by Gasteiger charge is 2.13. The van der Waals surface area contributed by atoms with Crippen molar-refractivity contribution < 1.29 is 0 Å². The van der Waals surface area contributed by atoms with Crippen LogP contribution in [0.25, 0.3) is 22.6 Å². The zero-order valence-corrected chi connectivity index (χ0v) is 10.8. The summed E-state index contributed by atoms with van der Waals surface area (Å²) in [6.45, 7) is 1.04. The summed E-state index contributed by atoms with van der Waals surface area (Å²) in [6, 6.07) is 6.33. The molecular formula is C14H14N6. The molecule has 0 saturated heterocycles. The third-order valence-corrected chi connectivity index (χ3v) is 3.63. The largest absolute Gasteiger partial charge is 0.385 e. The third-order valence-electron chi connectivity index (χ3n) is 3.63.